The molecule has 4 rings (SSSR count). The molecule has 1 saturated heterocycles. The Kier molecular flexibility index (Phi) is 3.40. The zero-order valence-corrected chi connectivity index (χ0v) is 12.1. The average Bonchev–Trinajstić information content (AvgIpc) is 3.04. The number of fused-ring (bicyclic) bond motifs is 1. The van der Waals surface area contributed by atoms with E-state index in [1.807, 2.05) is 12.3 Å². The van der Waals surface area contributed by atoms with Crippen LogP contribution in [0.1, 0.15) is 12.8 Å². The molecule has 0 spiro atoms. The smallest absolute Gasteiger partial charge is 0.156 e. The predicted octanol–water partition coefficient (Wildman–Crippen LogP) is 1.58. The van der Waals surface area contributed by atoms with E-state index in [-0.39, 0.29) is 0 Å². The van der Waals surface area contributed by atoms with Crippen molar-refractivity contribution >= 4 is 17.0 Å². The summed E-state index contributed by atoms with van der Waals surface area (Å²) in [5.41, 5.74) is 3.07. The van der Waals surface area contributed by atoms with Crippen LogP contribution in [0.3, 0.4) is 0 Å². The van der Waals surface area contributed by atoms with E-state index in [1.54, 1.807) is 18.6 Å². The summed E-state index contributed by atoms with van der Waals surface area (Å²) in [5, 5.41) is 6.87. The first-order valence-corrected chi connectivity index (χ1v) is 7.49. The maximum atomic E-state index is 4.61. The van der Waals surface area contributed by atoms with E-state index in [0.29, 0.717) is 6.04 Å². The maximum Gasteiger partial charge on any atom is 0.156 e. The zero-order chi connectivity index (χ0) is 14.8. The SMILES string of the molecule is c1cnc(-c2cnc3[nH]ccc3n2)c(NC2CCCNC2)n1. The molecule has 0 amide bonds. The Morgan fingerprint density at radius 1 is 1.18 bits per heavy atom. The van der Waals surface area contributed by atoms with E-state index in [0.717, 1.165) is 47.9 Å². The molecule has 0 radical (unpaired) electrons. The molecule has 1 fully saturated rings. The van der Waals surface area contributed by atoms with Crippen molar-refractivity contribution in [3.05, 3.63) is 30.9 Å². The molecular formula is C15H17N7. The van der Waals surface area contributed by atoms with Gasteiger partial charge in [0.15, 0.2) is 11.5 Å². The number of piperidine rings is 1. The Labute approximate surface area is 127 Å². The number of rotatable bonds is 3. The first-order chi connectivity index (χ1) is 10.9. The van der Waals surface area contributed by atoms with Crippen molar-refractivity contribution in [3.63, 3.8) is 0 Å². The third-order valence-corrected chi connectivity index (χ3v) is 3.84. The number of nitrogens with zero attached hydrogens (tertiary/aromatic N) is 4. The molecular weight excluding hydrogens is 278 g/mol. The van der Waals surface area contributed by atoms with Crippen LogP contribution in [0.15, 0.2) is 30.9 Å². The summed E-state index contributed by atoms with van der Waals surface area (Å²) >= 11 is 0. The lowest BCUT2D eigenvalue weighted by atomic mass is 10.1. The molecule has 4 heterocycles. The Bertz CT molecular complexity index is 776. The minimum absolute atomic E-state index is 0.369. The summed E-state index contributed by atoms with van der Waals surface area (Å²) in [5.74, 6) is 0.764. The predicted molar refractivity (Wildman–Crippen MR) is 84.4 cm³/mol. The summed E-state index contributed by atoms with van der Waals surface area (Å²) in [6.45, 7) is 2.03. The van der Waals surface area contributed by atoms with Crippen molar-refractivity contribution in [1.29, 1.82) is 0 Å². The second-order valence-electron chi connectivity index (χ2n) is 5.41. The fraction of sp³-hybridized carbons (Fsp3) is 0.333. The molecule has 3 N–H and O–H groups in total. The fourth-order valence-electron chi connectivity index (χ4n) is 2.74. The summed E-state index contributed by atoms with van der Waals surface area (Å²) in [4.78, 5) is 20.9. The molecule has 7 heteroatoms. The molecule has 7 nitrogen and oxygen atoms in total. The Hall–Kier alpha value is -2.54. The normalized spacial score (nSPS) is 18.5. The highest BCUT2D eigenvalue weighted by molar-refractivity contribution is 5.76. The van der Waals surface area contributed by atoms with E-state index in [4.69, 9.17) is 0 Å². The van der Waals surface area contributed by atoms with Crippen LogP contribution in [-0.4, -0.2) is 44.1 Å². The quantitative estimate of drug-likeness (QED) is 0.679. The fourth-order valence-corrected chi connectivity index (χ4v) is 2.74. The monoisotopic (exact) mass is 295 g/mol. The number of aromatic amines is 1. The third-order valence-electron chi connectivity index (χ3n) is 3.84. The lowest BCUT2D eigenvalue weighted by molar-refractivity contribution is 0.479. The standard InChI is InChI=1S/C15H17N7/c1-2-10(8-16-4-1)21-15-13(17-6-7-19-15)12-9-20-14-11(22-12)3-5-18-14/h3,5-7,9-10,16H,1-2,4,8H2,(H,18,20)(H,19,21). The van der Waals surface area contributed by atoms with Gasteiger partial charge in [0.05, 0.1) is 6.20 Å². The van der Waals surface area contributed by atoms with Crippen molar-refractivity contribution in [1.82, 2.24) is 30.2 Å². The molecule has 0 bridgehead atoms. The molecule has 112 valence electrons. The maximum absolute atomic E-state index is 4.61. The molecule has 1 aliphatic rings. The zero-order valence-electron chi connectivity index (χ0n) is 12.1. The summed E-state index contributed by atoms with van der Waals surface area (Å²) < 4.78 is 0. The van der Waals surface area contributed by atoms with Crippen LogP contribution in [0.2, 0.25) is 0 Å². The van der Waals surface area contributed by atoms with Gasteiger partial charge in [0, 0.05) is 31.2 Å². The van der Waals surface area contributed by atoms with Gasteiger partial charge in [-0.05, 0) is 25.5 Å². The van der Waals surface area contributed by atoms with E-state index in [1.165, 1.54) is 6.42 Å². The van der Waals surface area contributed by atoms with E-state index in [2.05, 4.69) is 35.6 Å². The molecule has 0 aromatic carbocycles. The highest BCUT2D eigenvalue weighted by Crippen LogP contribution is 2.23. The number of anilines is 1. The topological polar surface area (TPSA) is 91.4 Å². The molecule has 3 aromatic rings. The second-order valence-corrected chi connectivity index (χ2v) is 5.41. The molecule has 1 aliphatic heterocycles. The average molecular weight is 295 g/mol. The van der Waals surface area contributed by atoms with Crippen LogP contribution in [0.4, 0.5) is 5.82 Å². The third kappa shape index (κ3) is 2.50. The first kappa shape index (κ1) is 13.1. The highest BCUT2D eigenvalue weighted by atomic mass is 15.1. The van der Waals surface area contributed by atoms with Gasteiger partial charge < -0.3 is 15.6 Å². The number of H-pyrrole nitrogens is 1. The van der Waals surface area contributed by atoms with Gasteiger partial charge in [-0.25, -0.2) is 19.9 Å². The van der Waals surface area contributed by atoms with Gasteiger partial charge in [-0.3, -0.25) is 0 Å². The second kappa shape index (κ2) is 5.69. The van der Waals surface area contributed by atoms with Crippen LogP contribution in [0, 0.1) is 0 Å². The lowest BCUT2D eigenvalue weighted by Crippen LogP contribution is -2.38. The van der Waals surface area contributed by atoms with Crippen LogP contribution >= 0.6 is 0 Å². The van der Waals surface area contributed by atoms with Crippen LogP contribution in [-0.2, 0) is 0 Å². The summed E-state index contributed by atoms with van der Waals surface area (Å²) in [7, 11) is 0. The van der Waals surface area contributed by atoms with Crippen LogP contribution in [0.5, 0.6) is 0 Å². The van der Waals surface area contributed by atoms with Crippen molar-refractivity contribution in [2.75, 3.05) is 18.4 Å². The molecule has 1 unspecified atom stereocenters. The van der Waals surface area contributed by atoms with Gasteiger partial charge in [-0.1, -0.05) is 0 Å². The first-order valence-electron chi connectivity index (χ1n) is 7.49. The van der Waals surface area contributed by atoms with Gasteiger partial charge in [-0.15, -0.1) is 0 Å². The number of hydrogen-bond acceptors (Lipinski definition) is 6. The number of hydrogen-bond donors (Lipinski definition) is 3. The van der Waals surface area contributed by atoms with Gasteiger partial charge in [-0.2, -0.15) is 0 Å². The number of aromatic nitrogens is 5. The number of nitrogens with one attached hydrogen (secondary N) is 3. The van der Waals surface area contributed by atoms with Gasteiger partial charge >= 0.3 is 0 Å². The minimum atomic E-state index is 0.369. The van der Waals surface area contributed by atoms with E-state index in [9.17, 15) is 0 Å². The molecule has 0 aliphatic carbocycles. The molecule has 3 aromatic heterocycles. The van der Waals surface area contributed by atoms with Crippen molar-refractivity contribution in [2.45, 2.75) is 18.9 Å². The largest absolute Gasteiger partial charge is 0.364 e. The Morgan fingerprint density at radius 2 is 2.14 bits per heavy atom. The summed E-state index contributed by atoms with van der Waals surface area (Å²) in [6, 6.07) is 2.27. The molecule has 0 saturated carbocycles. The van der Waals surface area contributed by atoms with Gasteiger partial charge in [0.2, 0.25) is 0 Å². The van der Waals surface area contributed by atoms with Gasteiger partial charge in [0.25, 0.3) is 0 Å². The van der Waals surface area contributed by atoms with Crippen molar-refractivity contribution < 1.29 is 0 Å². The van der Waals surface area contributed by atoms with Crippen molar-refractivity contribution in [2.24, 2.45) is 0 Å². The molecule has 22 heavy (non-hydrogen) atoms. The van der Waals surface area contributed by atoms with Crippen LogP contribution in [0.25, 0.3) is 22.6 Å². The summed E-state index contributed by atoms with van der Waals surface area (Å²) in [6.07, 6.45) is 9.24. The Balaban J connectivity index is 1.68. The van der Waals surface area contributed by atoms with Gasteiger partial charge in [0.1, 0.15) is 16.9 Å². The van der Waals surface area contributed by atoms with Crippen molar-refractivity contribution in [3.8, 4) is 11.4 Å². The Morgan fingerprint density at radius 3 is 3.05 bits per heavy atom. The highest BCUT2D eigenvalue weighted by Gasteiger charge is 2.17. The van der Waals surface area contributed by atoms with E-state index >= 15 is 0 Å². The molecule has 1 atom stereocenters. The lowest BCUT2D eigenvalue weighted by Gasteiger charge is -2.24. The van der Waals surface area contributed by atoms with E-state index < -0.39 is 0 Å². The minimum Gasteiger partial charge on any atom is -0.364 e. The van der Waals surface area contributed by atoms with Crippen LogP contribution < -0.4 is 10.6 Å².